The fourth-order valence-corrected chi connectivity index (χ4v) is 4.14. The van der Waals surface area contributed by atoms with Gasteiger partial charge >= 0.3 is 5.97 Å². The number of aromatic nitrogens is 1. The second kappa shape index (κ2) is 10.3. The van der Waals surface area contributed by atoms with Crippen LogP contribution in [-0.4, -0.2) is 62.3 Å². The summed E-state index contributed by atoms with van der Waals surface area (Å²) in [7, 11) is 2.11. The first-order valence-corrected chi connectivity index (χ1v) is 11.6. The molecule has 34 heavy (non-hydrogen) atoms. The predicted octanol–water partition coefficient (Wildman–Crippen LogP) is 4.75. The third kappa shape index (κ3) is 4.92. The highest BCUT2D eigenvalue weighted by atomic mass is 19.1. The monoisotopic (exact) mass is 466 g/mol. The molecule has 0 saturated carbocycles. The van der Waals surface area contributed by atoms with E-state index in [0.717, 1.165) is 43.2 Å². The first kappa shape index (κ1) is 23.8. The average Bonchev–Trinajstić information content (AvgIpc) is 2.82. The number of carbonyl (C=O) groups is 1. The highest BCUT2D eigenvalue weighted by Crippen LogP contribution is 2.39. The topological polar surface area (TPSA) is 66.9 Å². The number of benzene rings is 2. The standard InChI is InChI=1S/C26H31FN4O3/c1-5-33-24-15-21-18(14-23(24)31-11-9-30(4)10-12-31)25(19(16-28-21)26(32)34-6-2)29-22-13-17(3)7-8-20(22)27/h7-8,13-16H,5-6,9-12H2,1-4H3,(H,28,29). The van der Waals surface area contributed by atoms with Crippen molar-refractivity contribution >= 4 is 33.9 Å². The fraction of sp³-hybridized carbons (Fsp3) is 0.385. The predicted molar refractivity (Wildman–Crippen MR) is 133 cm³/mol. The summed E-state index contributed by atoms with van der Waals surface area (Å²) in [5.74, 6) is -0.179. The normalized spacial score (nSPS) is 14.3. The van der Waals surface area contributed by atoms with Crippen molar-refractivity contribution in [1.29, 1.82) is 0 Å². The smallest absolute Gasteiger partial charge is 0.341 e. The third-order valence-corrected chi connectivity index (χ3v) is 5.97. The van der Waals surface area contributed by atoms with E-state index in [1.165, 1.54) is 12.3 Å². The van der Waals surface area contributed by atoms with Crippen molar-refractivity contribution in [3.63, 3.8) is 0 Å². The van der Waals surface area contributed by atoms with Crippen LogP contribution in [0, 0.1) is 12.7 Å². The maximum Gasteiger partial charge on any atom is 0.341 e. The fourth-order valence-electron chi connectivity index (χ4n) is 4.14. The summed E-state index contributed by atoms with van der Waals surface area (Å²) in [6.07, 6.45) is 1.47. The minimum atomic E-state index is -0.512. The van der Waals surface area contributed by atoms with Crippen molar-refractivity contribution in [2.45, 2.75) is 20.8 Å². The van der Waals surface area contributed by atoms with Gasteiger partial charge in [0.05, 0.1) is 35.8 Å². The Hall–Kier alpha value is -3.39. The zero-order chi connectivity index (χ0) is 24.2. The van der Waals surface area contributed by atoms with Crippen LogP contribution in [0.25, 0.3) is 10.9 Å². The van der Waals surface area contributed by atoms with Gasteiger partial charge in [0.2, 0.25) is 0 Å². The number of piperazine rings is 1. The summed E-state index contributed by atoms with van der Waals surface area (Å²) >= 11 is 0. The van der Waals surface area contributed by atoms with Crippen LogP contribution >= 0.6 is 0 Å². The van der Waals surface area contributed by atoms with Gasteiger partial charge in [-0.05, 0) is 51.6 Å². The van der Waals surface area contributed by atoms with Gasteiger partial charge in [0.1, 0.15) is 17.1 Å². The molecule has 180 valence electrons. The molecule has 0 amide bonds. The van der Waals surface area contributed by atoms with Crippen molar-refractivity contribution in [3.05, 3.63) is 53.5 Å². The molecule has 0 radical (unpaired) electrons. The number of aryl methyl sites for hydroxylation is 1. The number of nitrogens with zero attached hydrogens (tertiary/aromatic N) is 3. The first-order chi connectivity index (χ1) is 16.4. The number of ether oxygens (including phenoxy) is 2. The first-order valence-electron chi connectivity index (χ1n) is 11.6. The Balaban J connectivity index is 1.90. The molecule has 1 aliphatic rings. The van der Waals surface area contributed by atoms with Gasteiger partial charge < -0.3 is 24.6 Å². The molecular formula is C26H31FN4O3. The molecule has 0 unspecified atom stereocenters. The summed E-state index contributed by atoms with van der Waals surface area (Å²) in [6.45, 7) is 9.90. The molecule has 1 aliphatic heterocycles. The molecule has 1 N–H and O–H groups in total. The number of rotatable bonds is 7. The summed E-state index contributed by atoms with van der Waals surface area (Å²) in [4.78, 5) is 21.9. The number of hydrogen-bond acceptors (Lipinski definition) is 7. The lowest BCUT2D eigenvalue weighted by Crippen LogP contribution is -2.44. The second-order valence-corrected chi connectivity index (χ2v) is 8.44. The molecule has 0 spiro atoms. The Morgan fingerprint density at radius 2 is 1.88 bits per heavy atom. The van der Waals surface area contributed by atoms with Gasteiger partial charge in [-0.15, -0.1) is 0 Å². The molecule has 3 aromatic rings. The third-order valence-electron chi connectivity index (χ3n) is 5.97. The Kier molecular flexibility index (Phi) is 7.17. The Morgan fingerprint density at radius 3 is 2.59 bits per heavy atom. The zero-order valence-electron chi connectivity index (χ0n) is 20.2. The number of fused-ring (bicyclic) bond motifs is 1. The van der Waals surface area contributed by atoms with E-state index in [-0.39, 0.29) is 17.9 Å². The molecule has 2 heterocycles. The quantitative estimate of drug-likeness (QED) is 0.504. The number of esters is 1. The van der Waals surface area contributed by atoms with E-state index in [0.29, 0.717) is 23.2 Å². The summed E-state index contributed by atoms with van der Waals surface area (Å²) in [6, 6.07) is 8.70. The largest absolute Gasteiger partial charge is 0.492 e. The number of halogens is 1. The van der Waals surface area contributed by atoms with Crippen molar-refractivity contribution in [2.24, 2.45) is 0 Å². The minimum Gasteiger partial charge on any atom is -0.492 e. The lowest BCUT2D eigenvalue weighted by molar-refractivity contribution is 0.0527. The number of likely N-dealkylation sites (N-methyl/N-ethyl adjacent to an activating group) is 1. The number of anilines is 3. The molecule has 2 aromatic carbocycles. The van der Waals surface area contributed by atoms with Crippen LogP contribution in [0.5, 0.6) is 5.75 Å². The Morgan fingerprint density at radius 1 is 1.12 bits per heavy atom. The van der Waals surface area contributed by atoms with Crippen LogP contribution in [0.2, 0.25) is 0 Å². The molecule has 7 nitrogen and oxygen atoms in total. The van der Waals surface area contributed by atoms with Crippen LogP contribution < -0.4 is 15.0 Å². The molecule has 8 heteroatoms. The molecule has 0 aliphatic carbocycles. The molecule has 1 fully saturated rings. The number of hydrogen-bond donors (Lipinski definition) is 1. The minimum absolute atomic E-state index is 0.227. The average molecular weight is 467 g/mol. The van der Waals surface area contributed by atoms with Gasteiger partial charge in [-0.2, -0.15) is 0 Å². The maximum atomic E-state index is 14.7. The number of pyridine rings is 1. The van der Waals surface area contributed by atoms with Gasteiger partial charge in [-0.25, -0.2) is 9.18 Å². The van der Waals surface area contributed by atoms with Gasteiger partial charge in [0.25, 0.3) is 0 Å². The SMILES string of the molecule is CCOC(=O)c1cnc2cc(OCC)c(N3CCN(C)CC3)cc2c1Nc1cc(C)ccc1F. The van der Waals surface area contributed by atoms with Crippen LogP contribution in [-0.2, 0) is 4.74 Å². The van der Waals surface area contributed by atoms with E-state index in [9.17, 15) is 9.18 Å². The van der Waals surface area contributed by atoms with Crippen LogP contribution in [0.15, 0.2) is 36.5 Å². The van der Waals surface area contributed by atoms with Crippen molar-refractivity contribution in [2.75, 3.05) is 56.7 Å². The van der Waals surface area contributed by atoms with Gasteiger partial charge in [0, 0.05) is 43.8 Å². The van der Waals surface area contributed by atoms with Crippen molar-refractivity contribution in [1.82, 2.24) is 9.88 Å². The highest BCUT2D eigenvalue weighted by Gasteiger charge is 2.23. The molecule has 0 bridgehead atoms. The van der Waals surface area contributed by atoms with E-state index in [4.69, 9.17) is 9.47 Å². The zero-order valence-corrected chi connectivity index (χ0v) is 20.2. The molecular weight excluding hydrogens is 435 g/mol. The second-order valence-electron chi connectivity index (χ2n) is 8.44. The van der Waals surface area contributed by atoms with E-state index in [1.54, 1.807) is 19.1 Å². The number of carbonyl (C=O) groups excluding carboxylic acids is 1. The van der Waals surface area contributed by atoms with E-state index < -0.39 is 11.8 Å². The lowest BCUT2D eigenvalue weighted by Gasteiger charge is -2.35. The summed E-state index contributed by atoms with van der Waals surface area (Å²) in [5, 5.41) is 3.87. The Bertz CT molecular complexity index is 1190. The summed E-state index contributed by atoms with van der Waals surface area (Å²) in [5.41, 5.74) is 3.47. The molecule has 0 atom stereocenters. The van der Waals surface area contributed by atoms with Crippen molar-refractivity contribution in [3.8, 4) is 5.75 Å². The highest BCUT2D eigenvalue weighted by molar-refractivity contribution is 6.07. The van der Waals surface area contributed by atoms with E-state index in [2.05, 4.69) is 27.1 Å². The molecule has 1 saturated heterocycles. The molecule has 4 rings (SSSR count). The van der Waals surface area contributed by atoms with Crippen LogP contribution in [0.1, 0.15) is 29.8 Å². The Labute approximate surface area is 199 Å². The number of nitrogens with one attached hydrogen (secondary N) is 1. The summed E-state index contributed by atoms with van der Waals surface area (Å²) < 4.78 is 25.9. The van der Waals surface area contributed by atoms with Gasteiger partial charge in [-0.3, -0.25) is 4.98 Å². The van der Waals surface area contributed by atoms with E-state index in [1.807, 2.05) is 26.0 Å². The lowest BCUT2D eigenvalue weighted by atomic mass is 10.1. The van der Waals surface area contributed by atoms with Crippen LogP contribution in [0.4, 0.5) is 21.5 Å². The van der Waals surface area contributed by atoms with Gasteiger partial charge in [0.15, 0.2) is 0 Å². The van der Waals surface area contributed by atoms with E-state index >= 15 is 0 Å². The van der Waals surface area contributed by atoms with Gasteiger partial charge in [-0.1, -0.05) is 6.07 Å². The molecule has 1 aromatic heterocycles. The maximum absolute atomic E-state index is 14.7. The van der Waals surface area contributed by atoms with Crippen LogP contribution in [0.3, 0.4) is 0 Å². The van der Waals surface area contributed by atoms with Crippen molar-refractivity contribution < 1.29 is 18.7 Å².